The first-order chi connectivity index (χ1) is 7.30. The van der Waals surface area contributed by atoms with Crippen LogP contribution >= 0.6 is 0 Å². The molecule has 0 amide bonds. The van der Waals surface area contributed by atoms with Gasteiger partial charge in [-0.15, -0.1) is 0 Å². The number of hydrogen-bond donors (Lipinski definition) is 0. The van der Waals surface area contributed by atoms with E-state index in [1.807, 2.05) is 19.1 Å². The molecule has 15 heavy (non-hydrogen) atoms. The van der Waals surface area contributed by atoms with Crippen LogP contribution < -0.4 is 4.74 Å². The maximum Gasteiger partial charge on any atom is 0.185 e. The first-order valence-corrected chi connectivity index (χ1v) is 4.84. The molecule has 0 saturated heterocycles. The summed E-state index contributed by atoms with van der Waals surface area (Å²) in [5, 5.41) is 0.860. The van der Waals surface area contributed by atoms with Gasteiger partial charge >= 0.3 is 0 Å². The lowest BCUT2D eigenvalue weighted by atomic mass is 10.1. The summed E-state index contributed by atoms with van der Waals surface area (Å²) in [6.45, 7) is 2.05. The van der Waals surface area contributed by atoms with E-state index in [0.29, 0.717) is 12.0 Å². The highest BCUT2D eigenvalue weighted by atomic mass is 16.5. The van der Waals surface area contributed by atoms with Crippen molar-refractivity contribution in [2.75, 3.05) is 7.11 Å². The topological polar surface area (TPSA) is 39.4 Å². The number of ether oxygens (including phenoxy) is 1. The van der Waals surface area contributed by atoms with Gasteiger partial charge in [0.15, 0.2) is 12.0 Å². The van der Waals surface area contributed by atoms with Crippen molar-refractivity contribution in [2.24, 2.45) is 0 Å². The molecule has 0 N–H and O–H groups in total. The second-order valence-electron chi connectivity index (χ2n) is 3.29. The Morgan fingerprint density at radius 1 is 1.47 bits per heavy atom. The van der Waals surface area contributed by atoms with Crippen LogP contribution in [0.1, 0.15) is 23.0 Å². The van der Waals surface area contributed by atoms with E-state index in [4.69, 9.17) is 9.15 Å². The molecule has 0 spiro atoms. The Morgan fingerprint density at radius 2 is 2.27 bits per heavy atom. The molecule has 0 saturated carbocycles. The number of hydrogen-bond acceptors (Lipinski definition) is 3. The molecule has 0 radical (unpaired) electrons. The van der Waals surface area contributed by atoms with Gasteiger partial charge in [0.2, 0.25) is 0 Å². The third-order valence-corrected chi connectivity index (χ3v) is 2.46. The van der Waals surface area contributed by atoms with Crippen LogP contribution in [0.25, 0.3) is 11.0 Å². The molecule has 0 bridgehead atoms. The molecule has 0 aliphatic rings. The molecule has 1 aromatic heterocycles. The van der Waals surface area contributed by atoms with Crippen LogP contribution in [0, 0.1) is 0 Å². The first-order valence-electron chi connectivity index (χ1n) is 4.84. The molecule has 2 aromatic rings. The predicted molar refractivity (Wildman–Crippen MR) is 57.5 cm³/mol. The lowest BCUT2D eigenvalue weighted by Gasteiger charge is -2.03. The molecule has 2 rings (SSSR count). The number of carbonyl (C=O) groups is 1. The van der Waals surface area contributed by atoms with Gasteiger partial charge in [0.25, 0.3) is 0 Å². The standard InChI is InChI=1S/C12H12O3/c1-3-8-4-5-11(14-2)10-6-9(7-13)15-12(8)10/h4-7H,3H2,1-2H3. The van der Waals surface area contributed by atoms with E-state index in [0.717, 1.165) is 28.7 Å². The average Bonchev–Trinajstić information content (AvgIpc) is 2.71. The van der Waals surface area contributed by atoms with Gasteiger partial charge in [0.05, 0.1) is 12.5 Å². The van der Waals surface area contributed by atoms with Gasteiger partial charge in [-0.05, 0) is 24.1 Å². The van der Waals surface area contributed by atoms with Crippen LogP contribution in [-0.2, 0) is 6.42 Å². The fourth-order valence-corrected chi connectivity index (χ4v) is 1.69. The van der Waals surface area contributed by atoms with Gasteiger partial charge in [-0.3, -0.25) is 4.79 Å². The van der Waals surface area contributed by atoms with Gasteiger partial charge in [-0.1, -0.05) is 13.0 Å². The minimum atomic E-state index is 0.337. The van der Waals surface area contributed by atoms with Crippen LogP contribution in [0.4, 0.5) is 0 Å². The average molecular weight is 204 g/mol. The molecule has 0 atom stereocenters. The molecule has 0 aliphatic carbocycles. The zero-order chi connectivity index (χ0) is 10.8. The maximum absolute atomic E-state index is 10.6. The van der Waals surface area contributed by atoms with Gasteiger partial charge in [-0.2, -0.15) is 0 Å². The fraction of sp³-hybridized carbons (Fsp3) is 0.250. The zero-order valence-electron chi connectivity index (χ0n) is 8.74. The van der Waals surface area contributed by atoms with Crippen LogP contribution in [0.15, 0.2) is 22.6 Å². The molecule has 3 heteroatoms. The number of furan rings is 1. The Hall–Kier alpha value is -1.77. The highest BCUT2D eigenvalue weighted by Gasteiger charge is 2.11. The zero-order valence-corrected chi connectivity index (χ0v) is 8.74. The second-order valence-corrected chi connectivity index (χ2v) is 3.29. The SMILES string of the molecule is CCc1ccc(OC)c2cc(C=O)oc12. The lowest BCUT2D eigenvalue weighted by Crippen LogP contribution is -1.86. The van der Waals surface area contributed by atoms with Crippen molar-refractivity contribution >= 4 is 17.3 Å². The van der Waals surface area contributed by atoms with Crippen LogP contribution in [0.2, 0.25) is 0 Å². The number of benzene rings is 1. The number of carbonyl (C=O) groups excluding carboxylic acids is 1. The molecule has 0 unspecified atom stereocenters. The van der Waals surface area contributed by atoms with E-state index in [2.05, 4.69) is 0 Å². The van der Waals surface area contributed by atoms with Crippen molar-refractivity contribution in [1.29, 1.82) is 0 Å². The highest BCUT2D eigenvalue weighted by Crippen LogP contribution is 2.31. The number of aryl methyl sites for hydroxylation is 1. The summed E-state index contributed by atoms with van der Waals surface area (Å²) < 4.78 is 10.6. The predicted octanol–water partition coefficient (Wildman–Crippen LogP) is 2.82. The molecular weight excluding hydrogens is 192 g/mol. The summed E-state index contributed by atoms with van der Waals surface area (Å²) in [4.78, 5) is 10.6. The summed E-state index contributed by atoms with van der Waals surface area (Å²) >= 11 is 0. The molecular formula is C12H12O3. The monoisotopic (exact) mass is 204 g/mol. The minimum absolute atomic E-state index is 0.337. The maximum atomic E-state index is 10.6. The Bertz CT molecular complexity index is 456. The van der Waals surface area contributed by atoms with Crippen molar-refractivity contribution in [3.05, 3.63) is 29.5 Å². The smallest absolute Gasteiger partial charge is 0.185 e. The van der Waals surface area contributed by atoms with E-state index in [9.17, 15) is 4.79 Å². The summed E-state index contributed by atoms with van der Waals surface area (Å²) in [5.74, 6) is 1.07. The van der Waals surface area contributed by atoms with Gasteiger partial charge in [-0.25, -0.2) is 0 Å². The van der Waals surface area contributed by atoms with E-state index in [-0.39, 0.29) is 0 Å². The molecule has 1 aromatic carbocycles. The Balaban J connectivity index is 2.77. The highest BCUT2D eigenvalue weighted by molar-refractivity contribution is 5.91. The van der Waals surface area contributed by atoms with Crippen LogP contribution in [0.3, 0.4) is 0 Å². The van der Waals surface area contributed by atoms with Gasteiger partial charge in [0, 0.05) is 0 Å². The normalized spacial score (nSPS) is 10.5. The largest absolute Gasteiger partial charge is 0.496 e. The van der Waals surface area contributed by atoms with Gasteiger partial charge < -0.3 is 9.15 Å². The number of rotatable bonds is 3. The first kappa shape index (κ1) is 9.77. The van der Waals surface area contributed by atoms with Crippen molar-refractivity contribution in [3.8, 4) is 5.75 Å². The number of fused-ring (bicyclic) bond motifs is 1. The third-order valence-electron chi connectivity index (χ3n) is 2.46. The summed E-state index contributed by atoms with van der Waals surface area (Å²) in [6.07, 6.45) is 1.57. The van der Waals surface area contributed by atoms with Crippen molar-refractivity contribution < 1.29 is 13.9 Å². The van der Waals surface area contributed by atoms with Crippen molar-refractivity contribution in [3.63, 3.8) is 0 Å². The second kappa shape index (κ2) is 3.77. The van der Waals surface area contributed by atoms with Crippen molar-refractivity contribution in [2.45, 2.75) is 13.3 Å². The molecule has 3 nitrogen and oxygen atoms in total. The summed E-state index contributed by atoms with van der Waals surface area (Å²) in [7, 11) is 1.61. The molecule has 0 fully saturated rings. The lowest BCUT2D eigenvalue weighted by molar-refractivity contribution is 0.110. The van der Waals surface area contributed by atoms with E-state index in [1.165, 1.54) is 0 Å². The van der Waals surface area contributed by atoms with Gasteiger partial charge in [0.1, 0.15) is 11.3 Å². The van der Waals surface area contributed by atoms with E-state index in [1.54, 1.807) is 13.2 Å². The summed E-state index contributed by atoms with van der Waals surface area (Å²) in [5.41, 5.74) is 1.83. The summed E-state index contributed by atoms with van der Waals surface area (Å²) in [6, 6.07) is 5.56. The number of methoxy groups -OCH3 is 1. The quantitative estimate of drug-likeness (QED) is 0.721. The van der Waals surface area contributed by atoms with Crippen molar-refractivity contribution in [1.82, 2.24) is 0 Å². The third kappa shape index (κ3) is 1.50. The number of aldehydes is 1. The fourth-order valence-electron chi connectivity index (χ4n) is 1.69. The Kier molecular flexibility index (Phi) is 2.46. The Labute approximate surface area is 87.6 Å². The molecule has 1 heterocycles. The molecule has 0 aliphatic heterocycles. The van der Waals surface area contributed by atoms with Crippen LogP contribution in [-0.4, -0.2) is 13.4 Å². The molecule has 78 valence electrons. The van der Waals surface area contributed by atoms with Crippen LogP contribution in [0.5, 0.6) is 5.75 Å². The Morgan fingerprint density at radius 3 is 2.87 bits per heavy atom. The van der Waals surface area contributed by atoms with E-state index >= 15 is 0 Å². The van der Waals surface area contributed by atoms with E-state index < -0.39 is 0 Å². The minimum Gasteiger partial charge on any atom is -0.496 e.